The predicted octanol–water partition coefficient (Wildman–Crippen LogP) is 1.97. The van der Waals surface area contributed by atoms with Crippen molar-refractivity contribution in [2.45, 2.75) is 32.5 Å². The third-order valence-corrected chi connectivity index (χ3v) is 4.65. The molecule has 1 amide bonds. The molecule has 0 unspecified atom stereocenters. The van der Waals surface area contributed by atoms with Gasteiger partial charge < -0.3 is 15.4 Å². The van der Waals surface area contributed by atoms with Crippen molar-refractivity contribution in [1.29, 1.82) is 0 Å². The number of carbonyl (C=O) groups is 1. The first-order valence-corrected chi connectivity index (χ1v) is 8.00. The summed E-state index contributed by atoms with van der Waals surface area (Å²) >= 11 is 0. The molecule has 0 bridgehead atoms. The van der Waals surface area contributed by atoms with E-state index in [1.807, 2.05) is 12.1 Å². The Labute approximate surface area is 156 Å². The van der Waals surface area contributed by atoms with Crippen LogP contribution in [0.25, 0.3) is 0 Å². The zero-order chi connectivity index (χ0) is 15.6. The molecule has 2 N–H and O–H groups in total. The lowest BCUT2D eigenvalue weighted by atomic mass is 10.0. The quantitative estimate of drug-likeness (QED) is 0.844. The molecule has 1 saturated heterocycles. The molecule has 0 radical (unpaired) electrons. The van der Waals surface area contributed by atoms with E-state index >= 15 is 0 Å². The number of hydrogen-bond donors (Lipinski definition) is 2. The van der Waals surface area contributed by atoms with Gasteiger partial charge in [-0.2, -0.15) is 0 Å². The second-order valence-corrected chi connectivity index (χ2v) is 6.68. The van der Waals surface area contributed by atoms with E-state index in [2.05, 4.69) is 35.4 Å². The monoisotopic (exact) mass is 375 g/mol. The highest BCUT2D eigenvalue weighted by Gasteiger charge is 2.28. The van der Waals surface area contributed by atoms with E-state index in [0.29, 0.717) is 6.54 Å². The maximum Gasteiger partial charge on any atom is 0.251 e. The molecule has 3 rings (SSSR count). The van der Waals surface area contributed by atoms with E-state index in [1.165, 1.54) is 11.1 Å². The zero-order valence-electron chi connectivity index (χ0n) is 14.3. The van der Waals surface area contributed by atoms with Gasteiger partial charge in [-0.05, 0) is 37.1 Å². The lowest BCUT2D eigenvalue weighted by Gasteiger charge is -2.40. The summed E-state index contributed by atoms with van der Waals surface area (Å²) in [6.45, 7) is 10.1. The van der Waals surface area contributed by atoms with Crippen LogP contribution in [0, 0.1) is 0 Å². The Kier molecular flexibility index (Phi) is 7.96. The van der Waals surface area contributed by atoms with Crippen molar-refractivity contribution in [3.8, 4) is 0 Å². The third-order valence-electron chi connectivity index (χ3n) is 4.65. The number of fused-ring (bicyclic) bond motifs is 1. The Morgan fingerprint density at radius 2 is 1.88 bits per heavy atom. The summed E-state index contributed by atoms with van der Waals surface area (Å²) in [5.41, 5.74) is 3.23. The van der Waals surface area contributed by atoms with E-state index in [-0.39, 0.29) is 36.3 Å². The number of carbonyl (C=O) groups excluding carboxylic acids is 1. The van der Waals surface area contributed by atoms with Crippen LogP contribution in [-0.4, -0.2) is 49.2 Å². The SMILES string of the molecule is CC(C)(CNC(=O)c1ccc2c(c1)CNC2)N1CCOCC1.Cl.Cl. The summed E-state index contributed by atoms with van der Waals surface area (Å²) in [7, 11) is 0. The highest BCUT2D eigenvalue weighted by atomic mass is 35.5. The van der Waals surface area contributed by atoms with E-state index in [0.717, 1.165) is 45.0 Å². The zero-order valence-corrected chi connectivity index (χ0v) is 15.9. The number of nitrogens with one attached hydrogen (secondary N) is 2. The maximum atomic E-state index is 12.4. The highest BCUT2D eigenvalue weighted by molar-refractivity contribution is 5.94. The first-order valence-electron chi connectivity index (χ1n) is 8.00. The van der Waals surface area contributed by atoms with Crippen LogP contribution in [0.15, 0.2) is 18.2 Å². The third kappa shape index (κ3) is 4.83. The van der Waals surface area contributed by atoms with Crippen molar-refractivity contribution in [2.75, 3.05) is 32.8 Å². The topological polar surface area (TPSA) is 53.6 Å². The van der Waals surface area contributed by atoms with Crippen LogP contribution in [0.3, 0.4) is 0 Å². The molecule has 0 saturated carbocycles. The number of morpholine rings is 1. The smallest absolute Gasteiger partial charge is 0.251 e. The fourth-order valence-corrected chi connectivity index (χ4v) is 3.12. The minimum Gasteiger partial charge on any atom is -0.379 e. The van der Waals surface area contributed by atoms with Gasteiger partial charge in [0.1, 0.15) is 0 Å². The highest BCUT2D eigenvalue weighted by Crippen LogP contribution is 2.18. The average molecular weight is 376 g/mol. The van der Waals surface area contributed by atoms with E-state index < -0.39 is 0 Å². The molecular weight excluding hydrogens is 349 g/mol. The molecule has 2 aliphatic rings. The van der Waals surface area contributed by atoms with Gasteiger partial charge in [0.25, 0.3) is 5.91 Å². The second kappa shape index (κ2) is 9.02. The van der Waals surface area contributed by atoms with E-state index in [1.54, 1.807) is 0 Å². The van der Waals surface area contributed by atoms with Crippen LogP contribution in [0.1, 0.15) is 35.3 Å². The second-order valence-electron chi connectivity index (χ2n) is 6.68. The van der Waals surface area contributed by atoms with Crippen LogP contribution >= 0.6 is 24.8 Å². The van der Waals surface area contributed by atoms with Crippen molar-refractivity contribution in [2.24, 2.45) is 0 Å². The molecule has 0 atom stereocenters. The molecule has 5 nitrogen and oxygen atoms in total. The van der Waals surface area contributed by atoms with Gasteiger partial charge in [-0.15, -0.1) is 24.8 Å². The van der Waals surface area contributed by atoms with Gasteiger partial charge in [0, 0.05) is 43.8 Å². The molecule has 2 heterocycles. The first-order chi connectivity index (χ1) is 10.6. The predicted molar refractivity (Wildman–Crippen MR) is 100 cm³/mol. The van der Waals surface area contributed by atoms with Crippen LogP contribution in [0.5, 0.6) is 0 Å². The normalized spacial score (nSPS) is 17.4. The van der Waals surface area contributed by atoms with Crippen molar-refractivity contribution in [3.63, 3.8) is 0 Å². The van der Waals surface area contributed by atoms with E-state index in [9.17, 15) is 4.79 Å². The Balaban J connectivity index is 0.00000144. The standard InChI is InChI=1S/C17H25N3O2.2ClH/c1-17(2,20-5-7-22-8-6-20)12-19-16(21)13-3-4-14-10-18-11-15(14)9-13;;/h3-4,9,18H,5-8,10-12H2,1-2H3,(H,19,21);2*1H. The number of nitrogens with zero attached hydrogens (tertiary/aromatic N) is 1. The van der Waals surface area contributed by atoms with Crippen LogP contribution in [0.2, 0.25) is 0 Å². The summed E-state index contributed by atoms with van der Waals surface area (Å²) in [6.07, 6.45) is 0. The lowest BCUT2D eigenvalue weighted by molar-refractivity contribution is -0.00923. The molecule has 24 heavy (non-hydrogen) atoms. The Hall–Kier alpha value is -0.850. The van der Waals surface area contributed by atoms with Gasteiger partial charge in [-0.1, -0.05) is 6.07 Å². The average Bonchev–Trinajstić information content (AvgIpc) is 3.01. The molecule has 2 aliphatic heterocycles. The molecule has 0 aromatic heterocycles. The minimum absolute atomic E-state index is 0. The largest absolute Gasteiger partial charge is 0.379 e. The minimum atomic E-state index is -0.0578. The van der Waals surface area contributed by atoms with Crippen molar-refractivity contribution in [1.82, 2.24) is 15.5 Å². The maximum absolute atomic E-state index is 12.4. The number of hydrogen-bond acceptors (Lipinski definition) is 4. The van der Waals surface area contributed by atoms with Gasteiger partial charge in [0.05, 0.1) is 13.2 Å². The number of amides is 1. The first kappa shape index (κ1) is 21.2. The fraction of sp³-hybridized carbons (Fsp3) is 0.588. The Morgan fingerprint density at radius 3 is 2.58 bits per heavy atom. The van der Waals surface area contributed by atoms with Gasteiger partial charge in [-0.3, -0.25) is 9.69 Å². The summed E-state index contributed by atoms with van der Waals surface area (Å²) < 4.78 is 5.40. The molecule has 1 aromatic rings. The van der Waals surface area contributed by atoms with Crippen molar-refractivity contribution < 1.29 is 9.53 Å². The Morgan fingerprint density at radius 1 is 1.21 bits per heavy atom. The number of halogens is 2. The lowest BCUT2D eigenvalue weighted by Crippen LogP contribution is -2.55. The Bertz CT molecular complexity index is 561. The molecule has 7 heteroatoms. The molecule has 1 aromatic carbocycles. The summed E-state index contributed by atoms with van der Waals surface area (Å²) in [6, 6.07) is 5.98. The molecule has 0 spiro atoms. The molecular formula is C17H27Cl2N3O2. The van der Waals surface area contributed by atoms with Gasteiger partial charge in [0.2, 0.25) is 0 Å². The van der Waals surface area contributed by atoms with Crippen LogP contribution in [0.4, 0.5) is 0 Å². The summed E-state index contributed by atoms with van der Waals surface area (Å²) in [5.74, 6) is 0.0102. The molecule has 0 aliphatic carbocycles. The van der Waals surface area contributed by atoms with Crippen molar-refractivity contribution in [3.05, 3.63) is 34.9 Å². The van der Waals surface area contributed by atoms with Gasteiger partial charge in [-0.25, -0.2) is 0 Å². The number of ether oxygens (including phenoxy) is 1. The molecule has 1 fully saturated rings. The molecule has 136 valence electrons. The van der Waals surface area contributed by atoms with Crippen LogP contribution < -0.4 is 10.6 Å². The number of benzene rings is 1. The van der Waals surface area contributed by atoms with Crippen molar-refractivity contribution >= 4 is 30.7 Å². The fourth-order valence-electron chi connectivity index (χ4n) is 3.12. The number of rotatable bonds is 4. The van der Waals surface area contributed by atoms with Gasteiger partial charge in [0.15, 0.2) is 0 Å². The van der Waals surface area contributed by atoms with Crippen LogP contribution in [-0.2, 0) is 17.8 Å². The van der Waals surface area contributed by atoms with E-state index in [4.69, 9.17) is 4.74 Å². The summed E-state index contributed by atoms with van der Waals surface area (Å²) in [4.78, 5) is 14.8. The summed E-state index contributed by atoms with van der Waals surface area (Å²) in [5, 5.41) is 6.39. The van der Waals surface area contributed by atoms with Gasteiger partial charge >= 0.3 is 0 Å².